The fourth-order valence-corrected chi connectivity index (χ4v) is 2.74. The third-order valence-corrected chi connectivity index (χ3v) is 3.68. The van der Waals surface area contributed by atoms with Crippen LogP contribution in [0.15, 0.2) is 12.1 Å². The Kier molecular flexibility index (Phi) is 3.49. The van der Waals surface area contributed by atoms with Crippen molar-refractivity contribution in [3.63, 3.8) is 0 Å². The van der Waals surface area contributed by atoms with Crippen molar-refractivity contribution in [2.45, 2.75) is 44.9 Å². The minimum atomic E-state index is 0.485. The Balaban J connectivity index is 2.38. The monoisotopic (exact) mass is 219 g/mol. The van der Waals surface area contributed by atoms with Gasteiger partial charge in [0.15, 0.2) is 0 Å². The summed E-state index contributed by atoms with van der Waals surface area (Å²) < 4.78 is 0. The fourth-order valence-electron chi connectivity index (χ4n) is 2.74. The molecule has 0 saturated carbocycles. The van der Waals surface area contributed by atoms with Gasteiger partial charge in [0.25, 0.3) is 0 Å². The van der Waals surface area contributed by atoms with Crippen LogP contribution in [0.5, 0.6) is 5.75 Å². The Morgan fingerprint density at radius 2 is 1.94 bits per heavy atom. The largest absolute Gasteiger partial charge is 0.508 e. The van der Waals surface area contributed by atoms with Gasteiger partial charge >= 0.3 is 0 Å². The van der Waals surface area contributed by atoms with Crippen molar-refractivity contribution in [3.05, 3.63) is 28.8 Å². The molecule has 1 atom stereocenters. The molecule has 1 aromatic rings. The molecule has 0 spiro atoms. The molecule has 0 fully saturated rings. The van der Waals surface area contributed by atoms with Crippen LogP contribution in [0.2, 0.25) is 0 Å². The van der Waals surface area contributed by atoms with Gasteiger partial charge in [0, 0.05) is 0 Å². The maximum Gasteiger partial charge on any atom is 0.119 e. The number of rotatable bonds is 3. The van der Waals surface area contributed by atoms with E-state index in [0.29, 0.717) is 11.7 Å². The van der Waals surface area contributed by atoms with Gasteiger partial charge in [-0.3, -0.25) is 0 Å². The van der Waals surface area contributed by atoms with E-state index >= 15 is 0 Å². The first-order valence-electron chi connectivity index (χ1n) is 6.27. The van der Waals surface area contributed by atoms with Gasteiger partial charge in [0.05, 0.1) is 0 Å². The highest BCUT2D eigenvalue weighted by Crippen LogP contribution is 2.35. The summed E-state index contributed by atoms with van der Waals surface area (Å²) in [4.78, 5) is 0. The highest BCUT2D eigenvalue weighted by molar-refractivity contribution is 5.47. The van der Waals surface area contributed by atoms with E-state index < -0.39 is 0 Å². The van der Waals surface area contributed by atoms with Gasteiger partial charge in [-0.2, -0.15) is 0 Å². The molecule has 1 aliphatic carbocycles. The molecule has 2 heteroatoms. The molecule has 3 N–H and O–H groups in total. The van der Waals surface area contributed by atoms with Crippen molar-refractivity contribution in [1.82, 2.24) is 0 Å². The Morgan fingerprint density at radius 3 is 2.62 bits per heavy atom. The van der Waals surface area contributed by atoms with Crippen LogP contribution in [-0.2, 0) is 12.8 Å². The Labute approximate surface area is 97.5 Å². The van der Waals surface area contributed by atoms with E-state index in [4.69, 9.17) is 5.73 Å². The number of phenols is 1. The molecule has 0 amide bonds. The van der Waals surface area contributed by atoms with Crippen LogP contribution >= 0.6 is 0 Å². The molecule has 0 aliphatic heterocycles. The summed E-state index contributed by atoms with van der Waals surface area (Å²) in [6.07, 6.45) is 5.63. The van der Waals surface area contributed by atoms with Gasteiger partial charge < -0.3 is 10.8 Å². The molecule has 1 aromatic carbocycles. The van der Waals surface area contributed by atoms with Crippen LogP contribution in [0.1, 0.15) is 48.8 Å². The zero-order valence-electron chi connectivity index (χ0n) is 10.00. The van der Waals surface area contributed by atoms with E-state index in [2.05, 4.69) is 13.0 Å². The van der Waals surface area contributed by atoms with Gasteiger partial charge in [-0.1, -0.05) is 13.0 Å². The molecule has 88 valence electrons. The number of aromatic hydroxyl groups is 1. The smallest absolute Gasteiger partial charge is 0.119 e. The maximum atomic E-state index is 9.87. The van der Waals surface area contributed by atoms with Gasteiger partial charge in [-0.05, 0) is 67.3 Å². The van der Waals surface area contributed by atoms with E-state index in [1.54, 1.807) is 0 Å². The second kappa shape index (κ2) is 4.88. The number of fused-ring (bicyclic) bond motifs is 1. The normalized spacial score (nSPS) is 16.9. The summed E-state index contributed by atoms with van der Waals surface area (Å²) in [6.45, 7) is 2.96. The maximum absolute atomic E-state index is 9.87. The average Bonchev–Trinajstić information content (AvgIpc) is 2.30. The minimum absolute atomic E-state index is 0.485. The summed E-state index contributed by atoms with van der Waals surface area (Å²) >= 11 is 0. The standard InChI is InChI=1S/C14H21NO/c1-10(8-9-15)11-6-7-14(16)13-5-3-2-4-12(11)13/h6-7,10,16H,2-5,8-9,15H2,1H3. The van der Waals surface area contributed by atoms with Crippen molar-refractivity contribution in [1.29, 1.82) is 0 Å². The molecule has 0 bridgehead atoms. The van der Waals surface area contributed by atoms with Crippen molar-refractivity contribution in [2.24, 2.45) is 5.73 Å². The quantitative estimate of drug-likeness (QED) is 0.821. The van der Waals surface area contributed by atoms with E-state index in [1.165, 1.54) is 29.5 Å². The predicted molar refractivity (Wildman–Crippen MR) is 66.8 cm³/mol. The number of phenolic OH excluding ortho intramolecular Hbond substituents is 1. The molecule has 0 saturated heterocycles. The van der Waals surface area contributed by atoms with E-state index in [1.807, 2.05) is 6.07 Å². The molecule has 0 radical (unpaired) electrons. The lowest BCUT2D eigenvalue weighted by Crippen LogP contribution is -2.11. The van der Waals surface area contributed by atoms with Crippen molar-refractivity contribution in [2.75, 3.05) is 6.54 Å². The molecule has 2 nitrogen and oxygen atoms in total. The minimum Gasteiger partial charge on any atom is -0.508 e. The molecule has 0 aromatic heterocycles. The summed E-state index contributed by atoms with van der Waals surface area (Å²) in [5.41, 5.74) is 9.61. The summed E-state index contributed by atoms with van der Waals surface area (Å²) in [5.74, 6) is 0.996. The third kappa shape index (κ3) is 2.07. The van der Waals surface area contributed by atoms with Gasteiger partial charge in [-0.25, -0.2) is 0 Å². The van der Waals surface area contributed by atoms with E-state index in [-0.39, 0.29) is 0 Å². The molecule has 2 rings (SSSR count). The topological polar surface area (TPSA) is 46.2 Å². The highest BCUT2D eigenvalue weighted by atomic mass is 16.3. The van der Waals surface area contributed by atoms with Crippen LogP contribution in [0.4, 0.5) is 0 Å². The Morgan fingerprint density at radius 1 is 1.25 bits per heavy atom. The summed E-state index contributed by atoms with van der Waals surface area (Å²) in [5, 5.41) is 9.87. The zero-order valence-corrected chi connectivity index (χ0v) is 10.00. The fraction of sp³-hybridized carbons (Fsp3) is 0.571. The lowest BCUT2D eigenvalue weighted by atomic mass is 9.83. The van der Waals surface area contributed by atoms with Gasteiger partial charge in [-0.15, -0.1) is 0 Å². The zero-order chi connectivity index (χ0) is 11.5. The number of nitrogens with two attached hydrogens (primary N) is 1. The number of benzene rings is 1. The van der Waals surface area contributed by atoms with Crippen LogP contribution in [0.25, 0.3) is 0 Å². The molecule has 1 unspecified atom stereocenters. The van der Waals surface area contributed by atoms with Crippen LogP contribution in [-0.4, -0.2) is 11.7 Å². The predicted octanol–water partition coefficient (Wildman–Crippen LogP) is 2.72. The van der Waals surface area contributed by atoms with E-state index in [9.17, 15) is 5.11 Å². The first kappa shape index (κ1) is 11.5. The first-order chi connectivity index (χ1) is 7.74. The second-order valence-corrected chi connectivity index (χ2v) is 4.82. The Bertz CT molecular complexity index is 373. The average molecular weight is 219 g/mol. The molecular weight excluding hydrogens is 198 g/mol. The Hall–Kier alpha value is -1.02. The number of hydrogen-bond donors (Lipinski definition) is 2. The van der Waals surface area contributed by atoms with E-state index in [0.717, 1.165) is 25.8 Å². The van der Waals surface area contributed by atoms with Crippen LogP contribution < -0.4 is 5.73 Å². The van der Waals surface area contributed by atoms with Crippen molar-refractivity contribution in [3.8, 4) is 5.75 Å². The first-order valence-corrected chi connectivity index (χ1v) is 6.27. The lowest BCUT2D eigenvalue weighted by Gasteiger charge is -2.23. The second-order valence-electron chi connectivity index (χ2n) is 4.82. The van der Waals surface area contributed by atoms with Crippen LogP contribution in [0.3, 0.4) is 0 Å². The third-order valence-electron chi connectivity index (χ3n) is 3.68. The SMILES string of the molecule is CC(CCN)c1ccc(O)c2c1CCCC2. The highest BCUT2D eigenvalue weighted by Gasteiger charge is 2.19. The number of hydrogen-bond acceptors (Lipinski definition) is 2. The molecule has 0 heterocycles. The lowest BCUT2D eigenvalue weighted by molar-refractivity contribution is 0.460. The van der Waals surface area contributed by atoms with Gasteiger partial charge in [0.2, 0.25) is 0 Å². The summed E-state index contributed by atoms with van der Waals surface area (Å²) in [7, 11) is 0. The molecule has 16 heavy (non-hydrogen) atoms. The van der Waals surface area contributed by atoms with Crippen LogP contribution in [0, 0.1) is 0 Å². The van der Waals surface area contributed by atoms with Crippen molar-refractivity contribution < 1.29 is 5.11 Å². The summed E-state index contributed by atoms with van der Waals surface area (Å²) in [6, 6.07) is 3.94. The molecular formula is C14H21NO. The van der Waals surface area contributed by atoms with Crippen molar-refractivity contribution >= 4 is 0 Å². The van der Waals surface area contributed by atoms with Gasteiger partial charge in [0.1, 0.15) is 5.75 Å². The molecule has 1 aliphatic rings.